The maximum atomic E-state index is 6.73. The van der Waals surface area contributed by atoms with E-state index in [1.165, 1.54) is 21.5 Å². The molecule has 274 valence electrons. The molecule has 59 heavy (non-hydrogen) atoms. The van der Waals surface area contributed by atoms with Crippen LogP contribution in [0.5, 0.6) is 0 Å². The molecule has 0 N–H and O–H groups in total. The van der Waals surface area contributed by atoms with Crippen LogP contribution in [-0.4, -0.2) is 19.5 Å². The highest BCUT2D eigenvalue weighted by Gasteiger charge is 2.23. The first-order valence-corrected chi connectivity index (χ1v) is 19.8. The maximum Gasteiger partial charge on any atom is 0.167 e. The Kier molecular flexibility index (Phi) is 6.63. The van der Waals surface area contributed by atoms with Crippen molar-refractivity contribution in [2.45, 2.75) is 0 Å². The third-order valence-corrected chi connectivity index (χ3v) is 11.8. The van der Waals surface area contributed by atoms with Gasteiger partial charge >= 0.3 is 0 Å². The van der Waals surface area contributed by atoms with Gasteiger partial charge in [-0.2, -0.15) is 0 Å². The summed E-state index contributed by atoms with van der Waals surface area (Å²) in [5.41, 5.74) is 8.81. The van der Waals surface area contributed by atoms with Crippen molar-refractivity contribution in [3.05, 3.63) is 182 Å². The molecule has 4 aromatic heterocycles. The van der Waals surface area contributed by atoms with Gasteiger partial charge in [0.05, 0.1) is 22.3 Å². The fourth-order valence-corrected chi connectivity index (χ4v) is 9.16. The molecule has 0 aliphatic heterocycles. The smallest absolute Gasteiger partial charge is 0.167 e. The summed E-state index contributed by atoms with van der Waals surface area (Å²) in [5, 5.41) is 10.9. The molecule has 6 nitrogen and oxygen atoms in total. The fourth-order valence-electron chi connectivity index (χ4n) is 9.16. The van der Waals surface area contributed by atoms with Crippen molar-refractivity contribution in [1.29, 1.82) is 0 Å². The SMILES string of the molecule is c1ccc2cc3c(cc2c1)c1ccccc1n3-c1cc(-c2nc(-c3cccc4ccccc34)nc(-c3cccc4c3oc3ccccc34)n2)c2c(c1)oc1ccccc12. The zero-order valence-corrected chi connectivity index (χ0v) is 31.4. The lowest BCUT2D eigenvalue weighted by atomic mass is 10.0. The standard InChI is InChI=1S/C53H30N4O2/c1-2-15-33-28-45-42(27-32(33)14-1)36-18-5-8-24-44(36)57(45)34-29-43(49-40-20-7-10-26-47(40)58-48(49)30-34)53-55-51(39-22-11-16-31-13-3-4-17-35(31)39)54-52(56-53)41-23-12-21-38-37-19-6-9-25-46(37)59-50(38)41/h1-30H. The average Bonchev–Trinajstić information content (AvgIpc) is 3.97. The summed E-state index contributed by atoms with van der Waals surface area (Å²) >= 11 is 0. The van der Waals surface area contributed by atoms with Crippen molar-refractivity contribution in [2.24, 2.45) is 0 Å². The van der Waals surface area contributed by atoms with Crippen molar-refractivity contribution >= 4 is 87.2 Å². The van der Waals surface area contributed by atoms with E-state index in [-0.39, 0.29) is 0 Å². The largest absolute Gasteiger partial charge is 0.456 e. The molecule has 0 saturated carbocycles. The second kappa shape index (κ2) is 12.2. The molecule has 0 fully saturated rings. The number of aromatic nitrogens is 4. The summed E-state index contributed by atoms with van der Waals surface area (Å²) < 4.78 is 15.6. The first-order chi connectivity index (χ1) is 29.2. The predicted molar refractivity (Wildman–Crippen MR) is 240 cm³/mol. The molecule has 13 aromatic rings. The Morgan fingerprint density at radius 1 is 0.339 bits per heavy atom. The van der Waals surface area contributed by atoms with Crippen molar-refractivity contribution in [1.82, 2.24) is 19.5 Å². The highest BCUT2D eigenvalue weighted by molar-refractivity contribution is 6.16. The van der Waals surface area contributed by atoms with Gasteiger partial charge in [-0.15, -0.1) is 0 Å². The van der Waals surface area contributed by atoms with Crippen LogP contribution in [0.2, 0.25) is 0 Å². The number of furan rings is 2. The van der Waals surface area contributed by atoms with Crippen LogP contribution in [-0.2, 0) is 0 Å². The first kappa shape index (κ1) is 32.0. The second-order valence-electron chi connectivity index (χ2n) is 15.1. The number of nitrogens with zero attached hydrogens (tertiary/aromatic N) is 4. The van der Waals surface area contributed by atoms with E-state index >= 15 is 0 Å². The Morgan fingerprint density at radius 3 is 1.75 bits per heavy atom. The van der Waals surface area contributed by atoms with E-state index in [1.807, 2.05) is 36.4 Å². The van der Waals surface area contributed by atoms with E-state index in [2.05, 4.69) is 150 Å². The van der Waals surface area contributed by atoms with Crippen LogP contribution in [0.15, 0.2) is 191 Å². The Morgan fingerprint density at radius 2 is 0.915 bits per heavy atom. The maximum absolute atomic E-state index is 6.73. The molecule has 0 amide bonds. The van der Waals surface area contributed by atoms with Crippen LogP contribution in [0.25, 0.3) is 127 Å². The van der Waals surface area contributed by atoms with Crippen molar-refractivity contribution in [2.75, 3.05) is 0 Å². The van der Waals surface area contributed by atoms with Gasteiger partial charge in [-0.25, -0.2) is 15.0 Å². The van der Waals surface area contributed by atoms with Crippen LogP contribution in [0.1, 0.15) is 0 Å². The summed E-state index contributed by atoms with van der Waals surface area (Å²) in [6.45, 7) is 0. The molecule has 13 rings (SSSR count). The fraction of sp³-hybridized carbons (Fsp3) is 0. The number of rotatable bonds is 4. The summed E-state index contributed by atoms with van der Waals surface area (Å²) in [6, 6.07) is 63.3. The second-order valence-corrected chi connectivity index (χ2v) is 15.1. The van der Waals surface area contributed by atoms with Gasteiger partial charge in [-0.05, 0) is 64.0 Å². The van der Waals surface area contributed by atoms with Gasteiger partial charge in [0, 0.05) is 49.5 Å². The van der Waals surface area contributed by atoms with E-state index < -0.39 is 0 Å². The molecule has 0 aliphatic rings. The molecular weight excluding hydrogens is 725 g/mol. The normalized spacial score (nSPS) is 12.1. The molecule has 0 atom stereocenters. The zero-order chi connectivity index (χ0) is 38.6. The van der Waals surface area contributed by atoms with Crippen molar-refractivity contribution < 1.29 is 8.83 Å². The summed E-state index contributed by atoms with van der Waals surface area (Å²) in [5.74, 6) is 1.64. The Labute approximate surface area is 336 Å². The van der Waals surface area contributed by atoms with Crippen LogP contribution >= 0.6 is 0 Å². The van der Waals surface area contributed by atoms with Crippen LogP contribution in [0, 0.1) is 0 Å². The lowest BCUT2D eigenvalue weighted by molar-refractivity contribution is 0.668. The van der Waals surface area contributed by atoms with Gasteiger partial charge in [-0.3, -0.25) is 0 Å². The van der Waals surface area contributed by atoms with Gasteiger partial charge in [0.25, 0.3) is 0 Å². The Bertz CT molecular complexity index is 3870. The number of hydrogen-bond donors (Lipinski definition) is 0. The van der Waals surface area contributed by atoms with Crippen LogP contribution < -0.4 is 0 Å². The van der Waals surface area contributed by atoms with Gasteiger partial charge in [0.15, 0.2) is 17.5 Å². The van der Waals surface area contributed by atoms with Gasteiger partial charge in [0.2, 0.25) is 0 Å². The molecular formula is C53H30N4O2. The van der Waals surface area contributed by atoms with Gasteiger partial charge in [0.1, 0.15) is 22.3 Å². The molecule has 9 aromatic carbocycles. The first-order valence-electron chi connectivity index (χ1n) is 19.8. The zero-order valence-electron chi connectivity index (χ0n) is 31.4. The molecule has 4 heterocycles. The quantitative estimate of drug-likeness (QED) is 0.179. The Balaban J connectivity index is 1.15. The minimum Gasteiger partial charge on any atom is -0.456 e. The third kappa shape index (κ3) is 4.77. The minimum absolute atomic E-state index is 0.525. The molecule has 0 radical (unpaired) electrons. The minimum atomic E-state index is 0.525. The lowest BCUT2D eigenvalue weighted by Gasteiger charge is -2.14. The topological polar surface area (TPSA) is 69.9 Å². The molecule has 6 heteroatoms. The predicted octanol–water partition coefficient (Wildman–Crippen LogP) is 14.1. The van der Waals surface area contributed by atoms with Crippen molar-refractivity contribution in [3.63, 3.8) is 0 Å². The van der Waals surface area contributed by atoms with E-state index in [1.54, 1.807) is 0 Å². The number of fused-ring (bicyclic) bond motifs is 11. The monoisotopic (exact) mass is 754 g/mol. The highest BCUT2D eigenvalue weighted by Crippen LogP contribution is 2.42. The summed E-state index contributed by atoms with van der Waals surface area (Å²) in [6.07, 6.45) is 0. The van der Waals surface area contributed by atoms with E-state index in [0.29, 0.717) is 17.5 Å². The lowest BCUT2D eigenvalue weighted by Crippen LogP contribution is -2.02. The van der Waals surface area contributed by atoms with Crippen LogP contribution in [0.3, 0.4) is 0 Å². The third-order valence-electron chi connectivity index (χ3n) is 11.8. The van der Waals surface area contributed by atoms with Crippen molar-refractivity contribution in [3.8, 4) is 39.9 Å². The Hall–Kier alpha value is -8.09. The highest BCUT2D eigenvalue weighted by atomic mass is 16.3. The summed E-state index contributed by atoms with van der Waals surface area (Å²) in [7, 11) is 0. The molecule has 0 bridgehead atoms. The molecule has 0 aliphatic carbocycles. The molecule has 0 saturated heterocycles. The van der Waals surface area contributed by atoms with Gasteiger partial charge in [-0.1, -0.05) is 133 Å². The number of benzene rings is 9. The molecule has 0 spiro atoms. The summed E-state index contributed by atoms with van der Waals surface area (Å²) in [4.78, 5) is 16.1. The average molecular weight is 755 g/mol. The van der Waals surface area contributed by atoms with E-state index in [0.717, 1.165) is 88.1 Å². The van der Waals surface area contributed by atoms with E-state index in [4.69, 9.17) is 23.8 Å². The number of para-hydroxylation sites is 4. The van der Waals surface area contributed by atoms with Crippen LogP contribution in [0.4, 0.5) is 0 Å². The van der Waals surface area contributed by atoms with E-state index in [9.17, 15) is 0 Å². The van der Waals surface area contributed by atoms with Gasteiger partial charge < -0.3 is 13.4 Å². The molecule has 0 unspecified atom stereocenters. The number of hydrogen-bond acceptors (Lipinski definition) is 5.